The highest BCUT2D eigenvalue weighted by molar-refractivity contribution is 7.80. The number of nitrogens with one attached hydrogen (secondary N) is 2. The Bertz CT molecular complexity index is 765. The van der Waals surface area contributed by atoms with E-state index < -0.39 is 4.92 Å². The average molecular weight is 374 g/mol. The first-order valence-corrected chi connectivity index (χ1v) is 8.42. The van der Waals surface area contributed by atoms with Crippen LogP contribution in [-0.2, 0) is 0 Å². The van der Waals surface area contributed by atoms with Gasteiger partial charge in [0.2, 0.25) is 0 Å². The number of nitrogens with zero attached hydrogens (tertiary/aromatic N) is 2. The van der Waals surface area contributed by atoms with Crippen LogP contribution >= 0.6 is 12.2 Å². The van der Waals surface area contributed by atoms with Crippen LogP contribution in [0.15, 0.2) is 48.5 Å². The Kier molecular flexibility index (Phi) is 6.88. The van der Waals surface area contributed by atoms with Gasteiger partial charge in [0, 0.05) is 29.9 Å². The van der Waals surface area contributed by atoms with Crippen molar-refractivity contribution in [2.45, 2.75) is 6.04 Å². The minimum Gasteiger partial charge on any atom is -0.496 e. The van der Waals surface area contributed by atoms with Crippen molar-refractivity contribution in [1.82, 2.24) is 10.2 Å². The summed E-state index contributed by atoms with van der Waals surface area (Å²) in [6.45, 7) is 0.576. The van der Waals surface area contributed by atoms with Crippen molar-refractivity contribution in [1.29, 1.82) is 0 Å². The number of hydrogen-bond donors (Lipinski definition) is 2. The Morgan fingerprint density at radius 3 is 2.46 bits per heavy atom. The molecule has 0 aliphatic carbocycles. The van der Waals surface area contributed by atoms with Gasteiger partial charge in [0.15, 0.2) is 5.11 Å². The Morgan fingerprint density at radius 2 is 1.88 bits per heavy atom. The summed E-state index contributed by atoms with van der Waals surface area (Å²) in [6, 6.07) is 14.0. The molecule has 138 valence electrons. The number of anilines is 1. The smallest absolute Gasteiger partial charge is 0.269 e. The second-order valence-corrected chi connectivity index (χ2v) is 6.27. The van der Waals surface area contributed by atoms with Crippen LogP contribution in [0.3, 0.4) is 0 Å². The molecule has 1 unspecified atom stereocenters. The van der Waals surface area contributed by atoms with Crippen molar-refractivity contribution >= 4 is 28.7 Å². The van der Waals surface area contributed by atoms with E-state index in [1.807, 2.05) is 38.4 Å². The van der Waals surface area contributed by atoms with Crippen molar-refractivity contribution in [3.8, 4) is 5.75 Å². The number of thiocarbonyl (C=S) groups is 1. The number of nitro benzene ring substituents is 1. The Labute approximate surface area is 158 Å². The molecule has 0 aromatic heterocycles. The summed E-state index contributed by atoms with van der Waals surface area (Å²) in [6.07, 6.45) is 0. The van der Waals surface area contributed by atoms with E-state index in [9.17, 15) is 10.1 Å². The van der Waals surface area contributed by atoms with Gasteiger partial charge in [-0.1, -0.05) is 18.2 Å². The monoisotopic (exact) mass is 374 g/mol. The maximum atomic E-state index is 10.7. The van der Waals surface area contributed by atoms with Gasteiger partial charge in [0.05, 0.1) is 18.1 Å². The van der Waals surface area contributed by atoms with Crippen molar-refractivity contribution in [2.75, 3.05) is 33.1 Å². The molecule has 8 heteroatoms. The summed E-state index contributed by atoms with van der Waals surface area (Å²) in [4.78, 5) is 12.3. The number of methoxy groups -OCH3 is 1. The zero-order valence-corrected chi connectivity index (χ0v) is 15.7. The molecule has 0 aliphatic heterocycles. The van der Waals surface area contributed by atoms with Crippen LogP contribution in [-0.4, -0.2) is 42.7 Å². The second-order valence-electron chi connectivity index (χ2n) is 5.86. The summed E-state index contributed by atoms with van der Waals surface area (Å²) in [7, 11) is 5.64. The minimum atomic E-state index is -0.435. The molecular formula is C18H22N4O3S. The van der Waals surface area contributed by atoms with E-state index in [1.54, 1.807) is 19.2 Å². The van der Waals surface area contributed by atoms with Gasteiger partial charge in [-0.3, -0.25) is 10.1 Å². The number of rotatable bonds is 7. The first kappa shape index (κ1) is 19.6. The number of likely N-dealkylation sites (N-methyl/N-ethyl adjacent to an activating group) is 1. The first-order chi connectivity index (χ1) is 12.4. The summed E-state index contributed by atoms with van der Waals surface area (Å²) < 4.78 is 5.45. The lowest BCUT2D eigenvalue weighted by Gasteiger charge is -2.27. The summed E-state index contributed by atoms with van der Waals surface area (Å²) in [5.41, 5.74) is 1.79. The minimum absolute atomic E-state index is 0.0401. The molecule has 0 radical (unpaired) electrons. The fraction of sp³-hybridized carbons (Fsp3) is 0.278. The van der Waals surface area contributed by atoms with E-state index in [4.69, 9.17) is 17.0 Å². The lowest BCUT2D eigenvalue weighted by Crippen LogP contribution is -2.36. The van der Waals surface area contributed by atoms with Crippen LogP contribution in [0.5, 0.6) is 5.75 Å². The quantitative estimate of drug-likeness (QED) is 0.438. The van der Waals surface area contributed by atoms with Crippen molar-refractivity contribution in [3.05, 3.63) is 64.2 Å². The molecule has 26 heavy (non-hydrogen) atoms. The highest BCUT2D eigenvalue weighted by atomic mass is 32.1. The molecule has 0 saturated carbocycles. The number of benzene rings is 2. The van der Waals surface area contributed by atoms with Crippen LogP contribution in [0.25, 0.3) is 0 Å². The third kappa shape index (κ3) is 5.14. The lowest BCUT2D eigenvalue weighted by molar-refractivity contribution is -0.384. The van der Waals surface area contributed by atoms with Gasteiger partial charge in [-0.05, 0) is 44.5 Å². The SMILES string of the molecule is COc1ccccc1C(CNC(=S)Nc1ccc([N+](=O)[O-])cc1)N(C)C. The number of para-hydroxylation sites is 1. The highest BCUT2D eigenvalue weighted by Gasteiger charge is 2.18. The van der Waals surface area contributed by atoms with Crippen molar-refractivity contribution in [3.63, 3.8) is 0 Å². The molecule has 0 saturated heterocycles. The van der Waals surface area contributed by atoms with Gasteiger partial charge in [0.1, 0.15) is 5.75 Å². The molecule has 0 fully saturated rings. The molecule has 7 nitrogen and oxygen atoms in total. The Balaban J connectivity index is 2.00. The zero-order chi connectivity index (χ0) is 19.1. The maximum absolute atomic E-state index is 10.7. The number of hydrogen-bond acceptors (Lipinski definition) is 5. The third-order valence-corrected chi connectivity index (χ3v) is 4.16. The summed E-state index contributed by atoms with van der Waals surface area (Å²) in [5, 5.41) is 17.4. The molecule has 1 atom stereocenters. The number of ether oxygens (including phenoxy) is 1. The second kappa shape index (κ2) is 9.12. The molecule has 2 rings (SSSR count). The van der Waals surface area contributed by atoms with E-state index in [-0.39, 0.29) is 11.7 Å². The Morgan fingerprint density at radius 1 is 1.23 bits per heavy atom. The molecule has 0 aliphatic rings. The number of nitro groups is 1. The van der Waals surface area contributed by atoms with E-state index >= 15 is 0 Å². The molecule has 2 N–H and O–H groups in total. The summed E-state index contributed by atoms with van der Waals surface area (Å²) in [5.74, 6) is 0.822. The molecule has 0 amide bonds. The standard InChI is InChI=1S/C18H22N4O3S/c1-21(2)16(15-6-4-5-7-17(15)25-3)12-19-18(26)20-13-8-10-14(11-9-13)22(23)24/h4-11,16H,12H2,1-3H3,(H2,19,20,26). The van der Waals surface area contributed by atoms with Gasteiger partial charge in [-0.15, -0.1) is 0 Å². The van der Waals surface area contributed by atoms with E-state index in [1.165, 1.54) is 12.1 Å². The van der Waals surface area contributed by atoms with Gasteiger partial charge in [-0.2, -0.15) is 0 Å². The molecule has 0 bridgehead atoms. The predicted octanol–water partition coefficient (Wildman–Crippen LogP) is 3.19. The van der Waals surface area contributed by atoms with Crippen LogP contribution in [0.4, 0.5) is 11.4 Å². The van der Waals surface area contributed by atoms with E-state index in [0.717, 1.165) is 11.3 Å². The van der Waals surface area contributed by atoms with E-state index in [2.05, 4.69) is 15.5 Å². The fourth-order valence-corrected chi connectivity index (χ4v) is 2.74. The lowest BCUT2D eigenvalue weighted by atomic mass is 10.0. The maximum Gasteiger partial charge on any atom is 0.269 e. The highest BCUT2D eigenvalue weighted by Crippen LogP contribution is 2.27. The summed E-state index contributed by atoms with van der Waals surface area (Å²) >= 11 is 5.33. The van der Waals surface area contributed by atoms with Gasteiger partial charge >= 0.3 is 0 Å². The van der Waals surface area contributed by atoms with Crippen LogP contribution in [0.1, 0.15) is 11.6 Å². The third-order valence-electron chi connectivity index (χ3n) is 3.91. The fourth-order valence-electron chi connectivity index (χ4n) is 2.54. The number of non-ortho nitro benzene ring substituents is 1. The topological polar surface area (TPSA) is 79.7 Å². The predicted molar refractivity (Wildman–Crippen MR) is 107 cm³/mol. The van der Waals surface area contributed by atoms with Gasteiger partial charge in [-0.25, -0.2) is 0 Å². The molecule has 2 aromatic carbocycles. The molecular weight excluding hydrogens is 352 g/mol. The largest absolute Gasteiger partial charge is 0.496 e. The van der Waals surface area contributed by atoms with Gasteiger partial charge < -0.3 is 20.3 Å². The normalized spacial score (nSPS) is 11.7. The van der Waals surface area contributed by atoms with E-state index in [0.29, 0.717) is 17.3 Å². The van der Waals surface area contributed by atoms with Gasteiger partial charge in [0.25, 0.3) is 5.69 Å². The van der Waals surface area contributed by atoms with Crippen LogP contribution in [0, 0.1) is 10.1 Å². The molecule has 2 aromatic rings. The molecule has 0 heterocycles. The average Bonchev–Trinajstić information content (AvgIpc) is 2.62. The first-order valence-electron chi connectivity index (χ1n) is 8.01. The zero-order valence-electron chi connectivity index (χ0n) is 14.9. The van der Waals surface area contributed by atoms with Crippen LogP contribution < -0.4 is 15.4 Å². The molecule has 0 spiro atoms. The Hall–Kier alpha value is -2.71. The van der Waals surface area contributed by atoms with Crippen molar-refractivity contribution < 1.29 is 9.66 Å². The van der Waals surface area contributed by atoms with Crippen molar-refractivity contribution in [2.24, 2.45) is 0 Å². The van der Waals surface area contributed by atoms with Crippen LogP contribution in [0.2, 0.25) is 0 Å².